The number of aromatic nitrogens is 2. The van der Waals surface area contributed by atoms with Crippen molar-refractivity contribution < 1.29 is 19.4 Å². The molecular weight excluding hydrogens is 376 g/mol. The average Bonchev–Trinajstić information content (AvgIpc) is 3.13. The molecule has 1 aliphatic heterocycles. The molecule has 1 aromatic heterocycles. The van der Waals surface area contributed by atoms with E-state index in [0.717, 1.165) is 10.6 Å². The molecule has 0 saturated carbocycles. The Balaban J connectivity index is 1.75. The van der Waals surface area contributed by atoms with Gasteiger partial charge in [0.15, 0.2) is 11.8 Å². The first-order valence-corrected chi connectivity index (χ1v) is 9.07. The van der Waals surface area contributed by atoms with E-state index in [-0.39, 0.29) is 5.91 Å². The highest BCUT2D eigenvalue weighted by Gasteiger charge is 2.30. The Kier molecular flexibility index (Phi) is 5.33. The maximum atomic E-state index is 12.4. The van der Waals surface area contributed by atoms with Gasteiger partial charge in [0.05, 0.1) is 4.91 Å². The lowest BCUT2D eigenvalue weighted by molar-refractivity contribution is -0.139. The third-order valence-corrected chi connectivity index (χ3v) is 5.04. The van der Waals surface area contributed by atoms with Crippen molar-refractivity contribution in [2.45, 2.75) is 6.92 Å². The minimum Gasteiger partial charge on any atom is -0.482 e. The number of nitrogens with zero attached hydrogens (tertiary/aromatic N) is 4. The van der Waals surface area contributed by atoms with Gasteiger partial charge >= 0.3 is 5.97 Å². The molecule has 0 spiro atoms. The molecule has 0 bridgehead atoms. The summed E-state index contributed by atoms with van der Waals surface area (Å²) in [5, 5.41) is 18.3. The minimum absolute atomic E-state index is 0.152. The summed E-state index contributed by atoms with van der Waals surface area (Å²) >= 11 is 2.62. The normalized spacial score (nSPS) is 17.3. The Hall–Kier alpha value is -2.72. The van der Waals surface area contributed by atoms with Crippen LogP contribution in [0, 0.1) is 6.92 Å². The monoisotopic (exact) mass is 390 g/mol. The first kappa shape index (κ1) is 18.1. The average molecular weight is 390 g/mol. The molecule has 10 heteroatoms. The zero-order valence-electron chi connectivity index (χ0n) is 13.9. The van der Waals surface area contributed by atoms with Gasteiger partial charge in [0.2, 0.25) is 5.13 Å². The smallest absolute Gasteiger partial charge is 0.341 e. The van der Waals surface area contributed by atoms with Crippen LogP contribution in [0.4, 0.5) is 5.13 Å². The van der Waals surface area contributed by atoms with Gasteiger partial charge in [-0.2, -0.15) is 4.99 Å². The number of benzene rings is 1. The number of ether oxygens (including phenoxy) is 1. The highest BCUT2D eigenvalue weighted by atomic mass is 32.2. The van der Waals surface area contributed by atoms with Gasteiger partial charge < -0.3 is 9.84 Å². The van der Waals surface area contributed by atoms with Crippen LogP contribution in [-0.4, -0.2) is 50.9 Å². The van der Waals surface area contributed by atoms with Crippen LogP contribution in [-0.2, 0) is 9.59 Å². The number of carboxylic acid groups (broad SMARTS) is 1. The fourth-order valence-electron chi connectivity index (χ4n) is 2.02. The van der Waals surface area contributed by atoms with E-state index in [0.29, 0.717) is 21.0 Å². The van der Waals surface area contributed by atoms with E-state index < -0.39 is 12.6 Å². The molecule has 134 valence electrons. The largest absolute Gasteiger partial charge is 0.482 e. The second-order valence-electron chi connectivity index (χ2n) is 5.22. The number of thioether (sulfide) groups is 1. The molecule has 1 saturated heterocycles. The molecule has 26 heavy (non-hydrogen) atoms. The Labute approximate surface area is 157 Å². The second-order valence-corrected chi connectivity index (χ2v) is 7.39. The summed E-state index contributed by atoms with van der Waals surface area (Å²) in [5.41, 5.74) is 0.796. The Bertz CT molecular complexity index is 905. The quantitative estimate of drug-likeness (QED) is 0.782. The van der Waals surface area contributed by atoms with Gasteiger partial charge in [-0.15, -0.1) is 10.2 Å². The number of likely N-dealkylation sites (N-methyl/N-ethyl adjacent to an activating group) is 1. The summed E-state index contributed by atoms with van der Waals surface area (Å²) in [6.07, 6.45) is 1.75. The number of aryl methyl sites for hydroxylation is 1. The van der Waals surface area contributed by atoms with E-state index in [1.54, 1.807) is 37.4 Å². The van der Waals surface area contributed by atoms with Crippen molar-refractivity contribution in [3.05, 3.63) is 39.7 Å². The third-order valence-electron chi connectivity index (χ3n) is 3.25. The summed E-state index contributed by atoms with van der Waals surface area (Å²) in [4.78, 5) is 29.3. The van der Waals surface area contributed by atoms with Crippen LogP contribution in [0.2, 0.25) is 0 Å². The number of hydrogen-bond acceptors (Lipinski definition) is 8. The van der Waals surface area contributed by atoms with Crippen LogP contribution in [0.15, 0.2) is 34.2 Å². The maximum Gasteiger partial charge on any atom is 0.341 e. The highest BCUT2D eigenvalue weighted by Crippen LogP contribution is 2.33. The number of aliphatic imine (C=N–C) groups is 1. The molecule has 0 unspecified atom stereocenters. The summed E-state index contributed by atoms with van der Waals surface area (Å²) < 4.78 is 5.08. The zero-order valence-corrected chi connectivity index (χ0v) is 15.5. The van der Waals surface area contributed by atoms with E-state index in [1.165, 1.54) is 28.0 Å². The number of amides is 1. The van der Waals surface area contributed by atoms with E-state index in [4.69, 9.17) is 9.84 Å². The predicted octanol–water partition coefficient (Wildman–Crippen LogP) is 2.54. The molecule has 1 amide bonds. The minimum atomic E-state index is -1.04. The number of carbonyl (C=O) groups is 2. The fourth-order valence-corrected chi connectivity index (χ4v) is 3.61. The van der Waals surface area contributed by atoms with Crippen LogP contribution in [0.25, 0.3) is 6.08 Å². The summed E-state index contributed by atoms with van der Waals surface area (Å²) in [5.74, 6) is -0.739. The van der Waals surface area contributed by atoms with E-state index in [9.17, 15) is 9.59 Å². The lowest BCUT2D eigenvalue weighted by Crippen LogP contribution is -2.23. The van der Waals surface area contributed by atoms with Crippen LogP contribution in [0.1, 0.15) is 10.6 Å². The van der Waals surface area contributed by atoms with Gasteiger partial charge in [-0.3, -0.25) is 9.69 Å². The van der Waals surface area contributed by atoms with Crippen LogP contribution < -0.4 is 4.74 Å². The topological polar surface area (TPSA) is 105 Å². The molecule has 0 atom stereocenters. The molecule has 1 aliphatic rings. The van der Waals surface area contributed by atoms with E-state index in [2.05, 4.69) is 15.2 Å². The number of aliphatic carboxylic acids is 1. The standard InChI is InChI=1S/C16H14N4O4S2/c1-9-18-19-15(25-9)17-16-20(2)14(23)12(26-16)7-10-3-5-11(6-4-10)24-8-13(21)22/h3-7H,8H2,1-2H3,(H,21,22)/b12-7+,17-16+. The molecule has 1 aromatic carbocycles. The predicted molar refractivity (Wildman–Crippen MR) is 99.7 cm³/mol. The van der Waals surface area contributed by atoms with Crippen molar-refractivity contribution in [3.63, 3.8) is 0 Å². The second kappa shape index (κ2) is 7.67. The van der Waals surface area contributed by atoms with Gasteiger partial charge in [-0.05, 0) is 42.5 Å². The number of hydrogen-bond donors (Lipinski definition) is 1. The Morgan fingerprint density at radius 1 is 1.35 bits per heavy atom. The van der Waals surface area contributed by atoms with Crippen LogP contribution in [0.5, 0.6) is 5.75 Å². The van der Waals surface area contributed by atoms with E-state index in [1.807, 2.05) is 6.92 Å². The fraction of sp³-hybridized carbons (Fsp3) is 0.188. The van der Waals surface area contributed by atoms with Crippen molar-refractivity contribution >= 4 is 51.4 Å². The first-order valence-electron chi connectivity index (χ1n) is 7.43. The van der Waals surface area contributed by atoms with Crippen molar-refractivity contribution in [2.75, 3.05) is 13.7 Å². The molecule has 0 radical (unpaired) electrons. The summed E-state index contributed by atoms with van der Waals surface area (Å²) in [7, 11) is 1.66. The molecule has 3 rings (SSSR count). The summed E-state index contributed by atoms with van der Waals surface area (Å²) in [6.45, 7) is 1.44. The molecular formula is C16H14N4O4S2. The molecule has 1 fully saturated rings. The number of carbonyl (C=O) groups excluding carboxylic acids is 1. The molecule has 1 N–H and O–H groups in total. The summed E-state index contributed by atoms with van der Waals surface area (Å²) in [6, 6.07) is 6.81. The molecule has 2 aromatic rings. The van der Waals surface area contributed by atoms with Crippen molar-refractivity contribution in [2.24, 2.45) is 4.99 Å². The SMILES string of the molecule is Cc1nnc(/N=C2/S/C(=C/c3ccc(OCC(=O)O)cc3)C(=O)N2C)s1. The van der Waals surface area contributed by atoms with Gasteiger partial charge in [-0.1, -0.05) is 23.5 Å². The zero-order chi connectivity index (χ0) is 18.7. The van der Waals surface area contributed by atoms with Crippen molar-refractivity contribution in [3.8, 4) is 5.75 Å². The lowest BCUT2D eigenvalue weighted by atomic mass is 10.2. The highest BCUT2D eigenvalue weighted by molar-refractivity contribution is 8.18. The number of amidine groups is 1. The maximum absolute atomic E-state index is 12.4. The Morgan fingerprint density at radius 3 is 2.69 bits per heavy atom. The number of carboxylic acids is 1. The number of rotatable bonds is 5. The van der Waals surface area contributed by atoms with Crippen LogP contribution >= 0.6 is 23.1 Å². The van der Waals surface area contributed by atoms with Gasteiger partial charge in [0.1, 0.15) is 10.8 Å². The molecule has 2 heterocycles. The lowest BCUT2D eigenvalue weighted by Gasteiger charge is -2.05. The molecule has 8 nitrogen and oxygen atoms in total. The van der Waals surface area contributed by atoms with Crippen molar-refractivity contribution in [1.82, 2.24) is 15.1 Å². The molecule has 0 aliphatic carbocycles. The van der Waals surface area contributed by atoms with Crippen molar-refractivity contribution in [1.29, 1.82) is 0 Å². The Morgan fingerprint density at radius 2 is 2.08 bits per heavy atom. The third kappa shape index (κ3) is 4.27. The van der Waals surface area contributed by atoms with Gasteiger partial charge in [-0.25, -0.2) is 4.79 Å². The van der Waals surface area contributed by atoms with E-state index >= 15 is 0 Å². The van der Waals surface area contributed by atoms with Gasteiger partial charge in [0, 0.05) is 7.05 Å². The van der Waals surface area contributed by atoms with Crippen LogP contribution in [0.3, 0.4) is 0 Å². The first-order chi connectivity index (χ1) is 12.4. The van der Waals surface area contributed by atoms with Gasteiger partial charge in [0.25, 0.3) is 5.91 Å².